The number of nitrogens with one attached hydrogen (secondary N) is 1. The van der Waals surface area contributed by atoms with Crippen LogP contribution in [-0.2, 0) is 6.42 Å². The number of amides is 1. The van der Waals surface area contributed by atoms with Gasteiger partial charge in [-0.1, -0.05) is 23.7 Å². The molecule has 0 aliphatic carbocycles. The van der Waals surface area contributed by atoms with Crippen molar-refractivity contribution in [1.29, 1.82) is 0 Å². The Labute approximate surface area is 129 Å². The number of carbonyl (C=O) groups is 1. The minimum Gasteiger partial charge on any atom is -0.385 e. The summed E-state index contributed by atoms with van der Waals surface area (Å²) in [6, 6.07) is 11.4. The Morgan fingerprint density at radius 3 is 2.62 bits per heavy atom. The monoisotopic (exact) mass is 303 g/mol. The maximum atomic E-state index is 11.8. The first-order valence-electron chi connectivity index (χ1n) is 6.72. The topological polar surface area (TPSA) is 45.2 Å². The normalized spacial score (nSPS) is 10.2. The molecule has 0 aliphatic heterocycles. The van der Waals surface area contributed by atoms with Crippen molar-refractivity contribution in [2.24, 2.45) is 0 Å². The molecule has 0 saturated heterocycles. The molecule has 0 atom stereocenters. The first-order valence-corrected chi connectivity index (χ1v) is 7.10. The summed E-state index contributed by atoms with van der Waals surface area (Å²) in [5.74, 6) is -0.101. The van der Waals surface area contributed by atoms with Crippen molar-refractivity contribution in [2.75, 3.05) is 26.0 Å². The molecule has 2 aromatic rings. The Bertz CT molecular complexity index is 611. The van der Waals surface area contributed by atoms with E-state index >= 15 is 0 Å². The molecule has 0 unspecified atom stereocenters. The largest absolute Gasteiger partial charge is 0.385 e. The number of carbonyl (C=O) groups excluding carboxylic acids is 1. The van der Waals surface area contributed by atoms with E-state index in [1.807, 2.05) is 30.3 Å². The van der Waals surface area contributed by atoms with E-state index in [-0.39, 0.29) is 5.91 Å². The average molecular weight is 304 g/mol. The van der Waals surface area contributed by atoms with Crippen molar-refractivity contribution < 1.29 is 4.79 Å². The number of rotatable bonds is 5. The third kappa shape index (κ3) is 4.46. The van der Waals surface area contributed by atoms with Crippen molar-refractivity contribution >= 4 is 23.2 Å². The van der Waals surface area contributed by atoms with Gasteiger partial charge in [-0.25, -0.2) is 0 Å². The first-order chi connectivity index (χ1) is 10.1. The van der Waals surface area contributed by atoms with Gasteiger partial charge in [0.1, 0.15) is 5.69 Å². The minimum absolute atomic E-state index is 0.101. The number of halogens is 1. The van der Waals surface area contributed by atoms with Crippen LogP contribution in [-0.4, -0.2) is 36.4 Å². The number of nitrogens with zero attached hydrogens (tertiary/aromatic N) is 2. The fourth-order valence-corrected chi connectivity index (χ4v) is 2.01. The highest BCUT2D eigenvalue weighted by molar-refractivity contribution is 6.30. The lowest BCUT2D eigenvalue weighted by atomic mass is 10.1. The number of pyridine rings is 1. The van der Waals surface area contributed by atoms with E-state index in [0.29, 0.717) is 5.69 Å². The number of anilines is 1. The molecule has 21 heavy (non-hydrogen) atoms. The summed E-state index contributed by atoms with van der Waals surface area (Å²) in [5, 5.41) is 4.04. The average Bonchev–Trinajstić information content (AvgIpc) is 2.49. The number of hydrogen-bond donors (Lipinski definition) is 1. The van der Waals surface area contributed by atoms with Crippen LogP contribution in [0.15, 0.2) is 42.6 Å². The fourth-order valence-electron chi connectivity index (χ4n) is 1.89. The van der Waals surface area contributed by atoms with Gasteiger partial charge in [0.25, 0.3) is 5.91 Å². The molecule has 1 N–H and O–H groups in total. The Morgan fingerprint density at radius 2 is 1.95 bits per heavy atom. The van der Waals surface area contributed by atoms with Crippen LogP contribution in [0.3, 0.4) is 0 Å². The van der Waals surface area contributed by atoms with Gasteiger partial charge in [-0.05, 0) is 36.2 Å². The molecule has 5 heteroatoms. The van der Waals surface area contributed by atoms with E-state index in [1.165, 1.54) is 10.5 Å². The van der Waals surface area contributed by atoms with Gasteiger partial charge >= 0.3 is 0 Å². The van der Waals surface area contributed by atoms with Crippen molar-refractivity contribution in [3.8, 4) is 0 Å². The Morgan fingerprint density at radius 1 is 1.24 bits per heavy atom. The van der Waals surface area contributed by atoms with E-state index in [9.17, 15) is 4.79 Å². The zero-order valence-electron chi connectivity index (χ0n) is 12.1. The molecule has 0 spiro atoms. The first kappa shape index (κ1) is 15.3. The van der Waals surface area contributed by atoms with Gasteiger partial charge in [0.15, 0.2) is 0 Å². The number of aromatic nitrogens is 1. The molecule has 0 bridgehead atoms. The highest BCUT2D eigenvalue weighted by Gasteiger charge is 2.09. The second kappa shape index (κ2) is 7.09. The molecule has 110 valence electrons. The molecular formula is C16H18ClN3O. The molecule has 1 aromatic heterocycles. The zero-order chi connectivity index (χ0) is 15.2. The Hall–Kier alpha value is -2.07. The van der Waals surface area contributed by atoms with E-state index < -0.39 is 0 Å². The number of benzene rings is 1. The number of hydrogen-bond acceptors (Lipinski definition) is 3. The summed E-state index contributed by atoms with van der Waals surface area (Å²) >= 11 is 5.86. The smallest absolute Gasteiger partial charge is 0.272 e. The second-order valence-corrected chi connectivity index (χ2v) is 5.37. The van der Waals surface area contributed by atoms with Gasteiger partial charge < -0.3 is 10.2 Å². The highest BCUT2D eigenvalue weighted by Crippen LogP contribution is 2.12. The molecule has 1 amide bonds. The summed E-state index contributed by atoms with van der Waals surface area (Å²) in [6.45, 7) is 0.779. The minimum atomic E-state index is -0.101. The zero-order valence-corrected chi connectivity index (χ0v) is 12.9. The summed E-state index contributed by atoms with van der Waals surface area (Å²) < 4.78 is 0. The summed E-state index contributed by atoms with van der Waals surface area (Å²) in [4.78, 5) is 17.5. The molecule has 1 heterocycles. The van der Waals surface area contributed by atoms with Crippen LogP contribution < -0.4 is 5.32 Å². The Kier molecular flexibility index (Phi) is 5.17. The second-order valence-electron chi connectivity index (χ2n) is 4.93. The molecule has 0 saturated carbocycles. The van der Waals surface area contributed by atoms with Gasteiger partial charge in [0.05, 0.1) is 0 Å². The third-order valence-electron chi connectivity index (χ3n) is 3.04. The molecule has 0 radical (unpaired) electrons. The summed E-state index contributed by atoms with van der Waals surface area (Å²) in [7, 11) is 3.43. The third-order valence-corrected chi connectivity index (χ3v) is 3.29. The van der Waals surface area contributed by atoms with Crippen molar-refractivity contribution in [3.63, 3.8) is 0 Å². The van der Waals surface area contributed by atoms with Gasteiger partial charge in [0, 0.05) is 37.5 Å². The van der Waals surface area contributed by atoms with Gasteiger partial charge in [-0.15, -0.1) is 0 Å². The van der Waals surface area contributed by atoms with Crippen LogP contribution in [0.2, 0.25) is 5.02 Å². The molecule has 0 aliphatic rings. The van der Waals surface area contributed by atoms with Crippen LogP contribution in [0, 0.1) is 0 Å². The van der Waals surface area contributed by atoms with Gasteiger partial charge in [-0.3, -0.25) is 9.78 Å². The van der Waals surface area contributed by atoms with Crippen LogP contribution in [0.5, 0.6) is 0 Å². The van der Waals surface area contributed by atoms with Crippen LogP contribution in [0.1, 0.15) is 16.1 Å². The Balaban J connectivity index is 1.93. The quantitative estimate of drug-likeness (QED) is 0.923. The predicted octanol–water partition coefficient (Wildman–Crippen LogP) is 3.09. The van der Waals surface area contributed by atoms with E-state index in [2.05, 4.69) is 10.3 Å². The fraction of sp³-hybridized carbons (Fsp3) is 0.250. The van der Waals surface area contributed by atoms with E-state index in [4.69, 9.17) is 11.6 Å². The van der Waals surface area contributed by atoms with Gasteiger partial charge in [-0.2, -0.15) is 0 Å². The lowest BCUT2D eigenvalue weighted by Crippen LogP contribution is -2.22. The van der Waals surface area contributed by atoms with E-state index in [0.717, 1.165) is 23.7 Å². The molecule has 0 fully saturated rings. The summed E-state index contributed by atoms with van der Waals surface area (Å²) in [6.07, 6.45) is 2.53. The highest BCUT2D eigenvalue weighted by atomic mass is 35.5. The van der Waals surface area contributed by atoms with E-state index in [1.54, 1.807) is 26.4 Å². The lowest BCUT2D eigenvalue weighted by Gasteiger charge is -2.11. The predicted molar refractivity (Wildman–Crippen MR) is 85.9 cm³/mol. The van der Waals surface area contributed by atoms with Crippen LogP contribution >= 0.6 is 11.6 Å². The van der Waals surface area contributed by atoms with Crippen molar-refractivity contribution in [3.05, 3.63) is 58.9 Å². The maximum Gasteiger partial charge on any atom is 0.272 e. The molecule has 2 rings (SSSR count). The van der Waals surface area contributed by atoms with Crippen LogP contribution in [0.4, 0.5) is 5.69 Å². The maximum absolute atomic E-state index is 11.8. The van der Waals surface area contributed by atoms with Crippen molar-refractivity contribution in [2.45, 2.75) is 6.42 Å². The lowest BCUT2D eigenvalue weighted by molar-refractivity contribution is 0.0822. The van der Waals surface area contributed by atoms with Gasteiger partial charge in [0.2, 0.25) is 0 Å². The molecule has 4 nitrogen and oxygen atoms in total. The standard InChI is InChI=1S/C16H18ClN3O/c1-20(2)16(21)15-11-14(8-10-19-15)18-9-7-12-3-5-13(17)6-4-12/h3-6,8,10-11H,7,9H2,1-2H3,(H,18,19). The molecular weight excluding hydrogens is 286 g/mol. The molecule has 1 aromatic carbocycles. The SMILES string of the molecule is CN(C)C(=O)c1cc(NCCc2ccc(Cl)cc2)ccn1. The summed E-state index contributed by atoms with van der Waals surface area (Å²) in [5.41, 5.74) is 2.55. The van der Waals surface area contributed by atoms with Crippen molar-refractivity contribution in [1.82, 2.24) is 9.88 Å². The van der Waals surface area contributed by atoms with Crippen LogP contribution in [0.25, 0.3) is 0 Å².